The molecule has 4 rings (SSSR count). The molecule has 0 radical (unpaired) electrons. The van der Waals surface area contributed by atoms with Crippen LogP contribution >= 0.6 is 0 Å². The summed E-state index contributed by atoms with van der Waals surface area (Å²) in [6.07, 6.45) is 3.28. The normalized spacial score (nSPS) is 16.5. The number of fused-ring (bicyclic) bond motifs is 1. The Morgan fingerprint density at radius 2 is 1.67 bits per heavy atom. The molecular formula is C23H25N3O4. The predicted octanol–water partition coefficient (Wildman–Crippen LogP) is 3.01. The fraction of sp³-hybridized carbons (Fsp3) is 0.348. The van der Waals surface area contributed by atoms with Crippen LogP contribution in [-0.4, -0.2) is 47.3 Å². The third-order valence-electron chi connectivity index (χ3n) is 5.42. The molecule has 1 N–H and O–H groups in total. The summed E-state index contributed by atoms with van der Waals surface area (Å²) in [6.45, 7) is 4.04. The average molecular weight is 407 g/mol. The van der Waals surface area contributed by atoms with Gasteiger partial charge in [0.25, 0.3) is 17.7 Å². The molecule has 2 aromatic rings. The Balaban J connectivity index is 1.56. The first-order chi connectivity index (χ1) is 14.6. The van der Waals surface area contributed by atoms with E-state index in [2.05, 4.69) is 5.43 Å². The van der Waals surface area contributed by atoms with Gasteiger partial charge in [0.05, 0.1) is 29.8 Å². The molecular weight excluding hydrogens is 382 g/mol. The average Bonchev–Trinajstić information content (AvgIpc) is 3.00. The van der Waals surface area contributed by atoms with Crippen molar-refractivity contribution in [3.05, 3.63) is 64.7 Å². The van der Waals surface area contributed by atoms with E-state index in [1.807, 2.05) is 11.9 Å². The number of carbonyl (C=O) groups excluding carboxylic acids is 3. The van der Waals surface area contributed by atoms with Gasteiger partial charge in [-0.1, -0.05) is 24.6 Å². The molecule has 0 unspecified atom stereocenters. The molecule has 3 amide bonds. The van der Waals surface area contributed by atoms with E-state index >= 15 is 0 Å². The molecule has 2 heterocycles. The fourth-order valence-corrected chi connectivity index (χ4v) is 3.91. The zero-order valence-electron chi connectivity index (χ0n) is 17.0. The number of piperidine rings is 1. The summed E-state index contributed by atoms with van der Waals surface area (Å²) in [4.78, 5) is 39.5. The highest BCUT2D eigenvalue weighted by molar-refractivity contribution is 6.21. The van der Waals surface area contributed by atoms with Gasteiger partial charge in [-0.05, 0) is 49.6 Å². The lowest BCUT2D eigenvalue weighted by atomic mass is 10.1. The highest BCUT2D eigenvalue weighted by atomic mass is 16.5. The number of amides is 3. The Bertz CT molecular complexity index is 947. The highest BCUT2D eigenvalue weighted by Crippen LogP contribution is 2.26. The van der Waals surface area contributed by atoms with Crippen molar-refractivity contribution < 1.29 is 19.1 Å². The maximum atomic E-state index is 12.9. The van der Waals surface area contributed by atoms with E-state index in [9.17, 15) is 14.4 Å². The number of hydrogen-bond acceptors (Lipinski definition) is 5. The minimum absolute atomic E-state index is 0.0999. The first-order valence-electron chi connectivity index (χ1n) is 10.4. The van der Waals surface area contributed by atoms with Crippen molar-refractivity contribution in [3.8, 4) is 5.75 Å². The van der Waals surface area contributed by atoms with Gasteiger partial charge < -0.3 is 4.74 Å². The van der Waals surface area contributed by atoms with Crippen LogP contribution in [-0.2, 0) is 6.54 Å². The lowest BCUT2D eigenvalue weighted by molar-refractivity contribution is 0.0642. The number of ether oxygens (including phenoxy) is 1. The standard InChI is InChI=1S/C23H25N3O4/c1-2-30-20-11-10-16(14-19(20)21(27)24-25-12-6-3-7-13-25)15-26-22(28)17-8-4-5-9-18(17)23(26)29/h4-5,8-11,14H,2-3,6-7,12-13,15H2,1H3,(H,24,27). The van der Waals surface area contributed by atoms with Gasteiger partial charge in [0.1, 0.15) is 5.75 Å². The van der Waals surface area contributed by atoms with Crippen molar-refractivity contribution in [1.82, 2.24) is 15.3 Å². The van der Waals surface area contributed by atoms with E-state index in [4.69, 9.17) is 4.74 Å². The highest BCUT2D eigenvalue weighted by Gasteiger charge is 2.35. The Morgan fingerprint density at radius 1 is 1.00 bits per heavy atom. The molecule has 7 nitrogen and oxygen atoms in total. The summed E-state index contributed by atoms with van der Waals surface area (Å²) < 4.78 is 5.64. The lowest BCUT2D eigenvalue weighted by Gasteiger charge is -2.27. The maximum absolute atomic E-state index is 12.9. The van der Waals surface area contributed by atoms with Crippen LogP contribution in [0.5, 0.6) is 5.75 Å². The van der Waals surface area contributed by atoms with Crippen LogP contribution in [0.4, 0.5) is 0 Å². The summed E-state index contributed by atoms with van der Waals surface area (Å²) in [6, 6.07) is 12.0. The Hall–Kier alpha value is -3.19. The molecule has 0 saturated carbocycles. The topological polar surface area (TPSA) is 78.9 Å². The Kier molecular flexibility index (Phi) is 5.81. The maximum Gasteiger partial charge on any atom is 0.269 e. The fourth-order valence-electron chi connectivity index (χ4n) is 3.91. The van der Waals surface area contributed by atoms with E-state index in [0.29, 0.717) is 34.6 Å². The van der Waals surface area contributed by atoms with Crippen molar-refractivity contribution in [2.24, 2.45) is 0 Å². The van der Waals surface area contributed by atoms with Gasteiger partial charge in [-0.15, -0.1) is 0 Å². The van der Waals surface area contributed by atoms with Gasteiger partial charge in [0.2, 0.25) is 0 Å². The van der Waals surface area contributed by atoms with Crippen LogP contribution in [0.2, 0.25) is 0 Å². The molecule has 1 fully saturated rings. The smallest absolute Gasteiger partial charge is 0.269 e. The molecule has 2 aliphatic rings. The van der Waals surface area contributed by atoms with Crippen LogP contribution in [0.3, 0.4) is 0 Å². The number of carbonyl (C=O) groups is 3. The predicted molar refractivity (Wildman–Crippen MR) is 111 cm³/mol. The molecule has 2 aliphatic heterocycles. The van der Waals surface area contributed by atoms with Crippen LogP contribution in [0.25, 0.3) is 0 Å². The van der Waals surface area contributed by atoms with E-state index in [-0.39, 0.29) is 24.3 Å². The number of hydrogen-bond donors (Lipinski definition) is 1. The molecule has 7 heteroatoms. The largest absolute Gasteiger partial charge is 0.493 e. The quantitative estimate of drug-likeness (QED) is 0.745. The Morgan fingerprint density at radius 3 is 2.30 bits per heavy atom. The second-order valence-corrected chi connectivity index (χ2v) is 7.49. The van der Waals surface area contributed by atoms with Crippen LogP contribution < -0.4 is 10.2 Å². The van der Waals surface area contributed by atoms with Crippen molar-refractivity contribution in [3.63, 3.8) is 0 Å². The van der Waals surface area contributed by atoms with Gasteiger partial charge in [0, 0.05) is 13.1 Å². The summed E-state index contributed by atoms with van der Waals surface area (Å²) in [5, 5.41) is 1.93. The van der Waals surface area contributed by atoms with E-state index < -0.39 is 0 Å². The van der Waals surface area contributed by atoms with E-state index in [1.54, 1.807) is 42.5 Å². The molecule has 156 valence electrons. The lowest BCUT2D eigenvalue weighted by Crippen LogP contribution is -2.45. The van der Waals surface area contributed by atoms with Gasteiger partial charge in [-0.3, -0.25) is 24.7 Å². The van der Waals surface area contributed by atoms with Gasteiger partial charge in [0.15, 0.2) is 0 Å². The van der Waals surface area contributed by atoms with E-state index in [1.165, 1.54) is 11.3 Å². The second kappa shape index (κ2) is 8.67. The number of hydrazine groups is 1. The first-order valence-corrected chi connectivity index (χ1v) is 10.4. The van der Waals surface area contributed by atoms with Gasteiger partial charge in [-0.25, -0.2) is 5.01 Å². The molecule has 0 spiro atoms. The van der Waals surface area contributed by atoms with Crippen molar-refractivity contribution >= 4 is 17.7 Å². The minimum Gasteiger partial charge on any atom is -0.493 e. The van der Waals surface area contributed by atoms with Crippen molar-refractivity contribution in [2.45, 2.75) is 32.7 Å². The minimum atomic E-state index is -0.316. The molecule has 1 saturated heterocycles. The number of rotatable bonds is 6. The van der Waals surface area contributed by atoms with Crippen LogP contribution in [0.1, 0.15) is 62.8 Å². The third kappa shape index (κ3) is 3.93. The first kappa shape index (κ1) is 20.1. The third-order valence-corrected chi connectivity index (χ3v) is 5.42. The van der Waals surface area contributed by atoms with E-state index in [0.717, 1.165) is 25.9 Å². The second-order valence-electron chi connectivity index (χ2n) is 7.49. The summed E-state index contributed by atoms with van der Waals surface area (Å²) in [7, 11) is 0. The van der Waals surface area contributed by atoms with Crippen LogP contribution in [0.15, 0.2) is 42.5 Å². The SMILES string of the molecule is CCOc1ccc(CN2C(=O)c3ccccc3C2=O)cc1C(=O)NN1CCCCC1. The zero-order valence-corrected chi connectivity index (χ0v) is 17.0. The van der Waals surface area contributed by atoms with Gasteiger partial charge in [-0.2, -0.15) is 0 Å². The number of imide groups is 1. The summed E-state index contributed by atoms with van der Waals surface area (Å²) in [5.74, 6) is -0.393. The van der Waals surface area contributed by atoms with Crippen LogP contribution in [0, 0.1) is 0 Å². The molecule has 0 atom stereocenters. The zero-order chi connectivity index (χ0) is 21.1. The molecule has 0 bridgehead atoms. The molecule has 0 aromatic heterocycles. The summed E-state index contributed by atoms with van der Waals surface area (Å²) >= 11 is 0. The molecule has 30 heavy (non-hydrogen) atoms. The Labute approximate surface area is 175 Å². The number of nitrogens with zero attached hydrogens (tertiary/aromatic N) is 2. The van der Waals surface area contributed by atoms with Crippen molar-refractivity contribution in [2.75, 3.05) is 19.7 Å². The summed E-state index contributed by atoms with van der Waals surface area (Å²) in [5.41, 5.74) is 4.87. The monoisotopic (exact) mass is 407 g/mol. The molecule has 0 aliphatic carbocycles. The number of benzene rings is 2. The molecule has 2 aromatic carbocycles. The van der Waals surface area contributed by atoms with Gasteiger partial charge >= 0.3 is 0 Å². The van der Waals surface area contributed by atoms with Crippen molar-refractivity contribution in [1.29, 1.82) is 0 Å². The number of nitrogens with one attached hydrogen (secondary N) is 1.